The molecule has 0 aliphatic carbocycles. The summed E-state index contributed by atoms with van der Waals surface area (Å²) in [6.45, 7) is 6.51. The van der Waals surface area contributed by atoms with Crippen LogP contribution in [0.5, 0.6) is 5.75 Å². The zero-order valence-corrected chi connectivity index (χ0v) is 19.7. The fraction of sp³-hybridized carbons (Fsp3) is 0.556. The summed E-state index contributed by atoms with van der Waals surface area (Å²) in [6, 6.07) is 8.25. The fourth-order valence-corrected chi connectivity index (χ4v) is 9.36. The maximum absolute atomic E-state index is 6.55. The normalized spacial score (nSPS) is 11.6. The van der Waals surface area contributed by atoms with Crippen molar-refractivity contribution in [1.29, 1.82) is 0 Å². The van der Waals surface area contributed by atoms with Crippen molar-refractivity contribution >= 4 is 54.2 Å². The van der Waals surface area contributed by atoms with Crippen LogP contribution in [0.25, 0.3) is 0 Å². The Morgan fingerprint density at radius 2 is 1.83 bits per heavy atom. The van der Waals surface area contributed by atoms with Gasteiger partial charge in [0, 0.05) is 0 Å². The van der Waals surface area contributed by atoms with Crippen LogP contribution in [0.3, 0.4) is 0 Å². The first kappa shape index (κ1) is 21.8. The standard InChI is InChI=1S/C10H12N2OS2.2C4H9.Sn/c1-7(11-12-10(14)15-2)8-5-3-4-6-9(8)13;2*1-3-4-2;/h3-6,13H,1-2H3,(H,12,14);2*1,3-4H2,2H3;/q;;;+1/p-1. The third kappa shape index (κ3) is 8.21. The van der Waals surface area contributed by atoms with Gasteiger partial charge in [0.1, 0.15) is 0 Å². The van der Waals surface area contributed by atoms with Gasteiger partial charge in [0.05, 0.1) is 0 Å². The number of hydrazone groups is 1. The van der Waals surface area contributed by atoms with E-state index in [0.29, 0.717) is 4.32 Å². The molecule has 1 aromatic carbocycles. The van der Waals surface area contributed by atoms with Gasteiger partial charge in [-0.15, -0.1) is 0 Å². The van der Waals surface area contributed by atoms with Crippen molar-refractivity contribution in [2.45, 2.75) is 55.3 Å². The number of thiocarbonyl (C=S) groups is 1. The summed E-state index contributed by atoms with van der Waals surface area (Å²) in [4.78, 5) is 0. The van der Waals surface area contributed by atoms with Gasteiger partial charge in [0.25, 0.3) is 0 Å². The summed E-state index contributed by atoms with van der Waals surface area (Å²) in [7, 11) is 0. The Bertz CT molecular complexity index is 530. The monoisotopic (exact) mass is 473 g/mol. The van der Waals surface area contributed by atoms with Crippen LogP contribution < -0.4 is 8.50 Å². The molecule has 1 rings (SSSR count). The number of nitrogens with one attached hydrogen (secondary N) is 1. The second-order valence-electron chi connectivity index (χ2n) is 5.64. The molecule has 0 aliphatic heterocycles. The summed E-state index contributed by atoms with van der Waals surface area (Å²) >= 11 is 4.79. The van der Waals surface area contributed by atoms with Crippen molar-refractivity contribution in [2.75, 3.05) is 6.26 Å². The quantitative estimate of drug-likeness (QED) is 0.208. The number of thioether (sulfide) groups is 1. The van der Waals surface area contributed by atoms with Crippen LogP contribution in [0, 0.1) is 0 Å². The molecule has 0 atom stereocenters. The molecule has 1 aromatic rings. The molecule has 0 amide bonds. The zero-order valence-electron chi connectivity index (χ0n) is 15.2. The van der Waals surface area contributed by atoms with Crippen LogP contribution in [0.2, 0.25) is 8.87 Å². The van der Waals surface area contributed by atoms with E-state index in [-0.39, 0.29) is 0 Å². The van der Waals surface area contributed by atoms with Gasteiger partial charge in [0.2, 0.25) is 0 Å². The van der Waals surface area contributed by atoms with Gasteiger partial charge in [-0.05, 0) is 0 Å². The van der Waals surface area contributed by atoms with Gasteiger partial charge in [-0.1, -0.05) is 0 Å². The molecule has 0 saturated carbocycles. The molecule has 6 heteroatoms. The Labute approximate surface area is 164 Å². The molecule has 1 radical (unpaired) electrons. The van der Waals surface area contributed by atoms with Gasteiger partial charge < -0.3 is 0 Å². The summed E-state index contributed by atoms with van der Waals surface area (Å²) in [6.07, 6.45) is 7.02. The molecule has 0 aliphatic rings. The Balaban J connectivity index is 2.87. The Morgan fingerprint density at radius 1 is 1.21 bits per heavy atom. The zero-order chi connectivity index (χ0) is 17.8. The molecule has 3 nitrogen and oxygen atoms in total. The molecule has 24 heavy (non-hydrogen) atoms. The van der Waals surface area contributed by atoms with E-state index >= 15 is 0 Å². The first-order valence-electron chi connectivity index (χ1n) is 8.62. The van der Waals surface area contributed by atoms with E-state index in [1.54, 1.807) is 0 Å². The third-order valence-corrected chi connectivity index (χ3v) is 11.4. The van der Waals surface area contributed by atoms with E-state index in [9.17, 15) is 0 Å². The van der Waals surface area contributed by atoms with Crippen LogP contribution in [0.15, 0.2) is 29.4 Å². The topological polar surface area (TPSA) is 33.6 Å². The van der Waals surface area contributed by atoms with Crippen LogP contribution in [0.1, 0.15) is 52.0 Å². The van der Waals surface area contributed by atoms with E-state index in [1.807, 2.05) is 25.3 Å². The van der Waals surface area contributed by atoms with Crippen molar-refractivity contribution in [3.05, 3.63) is 29.8 Å². The van der Waals surface area contributed by atoms with E-state index < -0.39 is 20.2 Å². The minimum absolute atomic E-state index is 0.676. The molecule has 1 N–H and O–H groups in total. The second kappa shape index (κ2) is 13.0. The Hall–Kier alpha value is -0.271. The van der Waals surface area contributed by atoms with Gasteiger partial charge >= 0.3 is 165 Å². The van der Waals surface area contributed by atoms with Crippen molar-refractivity contribution in [2.24, 2.45) is 5.10 Å². The summed E-state index contributed by atoms with van der Waals surface area (Å²) in [5, 5.41) is 4.40. The van der Waals surface area contributed by atoms with Crippen molar-refractivity contribution in [1.82, 2.24) is 5.43 Å². The van der Waals surface area contributed by atoms with Gasteiger partial charge in [-0.3, -0.25) is 0 Å². The minimum atomic E-state index is -1.84. The van der Waals surface area contributed by atoms with Gasteiger partial charge in [0.15, 0.2) is 0 Å². The fourth-order valence-electron chi connectivity index (χ4n) is 2.22. The number of unbranched alkanes of at least 4 members (excludes halogenated alkanes) is 2. The van der Waals surface area contributed by atoms with Crippen molar-refractivity contribution in [3.8, 4) is 5.75 Å². The second-order valence-corrected chi connectivity index (χ2v) is 13.6. The molecule has 0 bridgehead atoms. The predicted molar refractivity (Wildman–Crippen MR) is 114 cm³/mol. The third-order valence-electron chi connectivity index (χ3n) is 3.65. The molecular weight excluding hydrogens is 443 g/mol. The molecule has 0 unspecified atom stereocenters. The van der Waals surface area contributed by atoms with Crippen molar-refractivity contribution < 1.29 is 3.07 Å². The average molecular weight is 472 g/mol. The van der Waals surface area contributed by atoms with Gasteiger partial charge in [-0.2, -0.15) is 0 Å². The van der Waals surface area contributed by atoms with Gasteiger partial charge in [-0.25, -0.2) is 0 Å². The molecule has 0 fully saturated rings. The van der Waals surface area contributed by atoms with Crippen LogP contribution in [-0.2, 0) is 0 Å². The first-order valence-corrected chi connectivity index (χ1v) is 15.5. The first-order chi connectivity index (χ1) is 11.6. The number of hydrogen-bond donors (Lipinski definition) is 1. The Kier molecular flexibility index (Phi) is 11.8. The SMILES string of the molecule is CCC[CH2][Sn]([CH2]CCC)[O]c1ccccc1C(C)=NNC(=S)SC. The molecule has 0 spiro atoms. The number of benzene rings is 1. The van der Waals surface area contributed by atoms with E-state index in [2.05, 4.69) is 36.5 Å². The predicted octanol–water partition coefficient (Wildman–Crippen LogP) is 5.62. The summed E-state index contributed by atoms with van der Waals surface area (Å²) in [5.41, 5.74) is 4.90. The van der Waals surface area contributed by atoms with E-state index in [0.717, 1.165) is 17.0 Å². The maximum atomic E-state index is 6.55. The van der Waals surface area contributed by atoms with Crippen LogP contribution in [0.4, 0.5) is 0 Å². The summed E-state index contributed by atoms with van der Waals surface area (Å²) in [5.74, 6) is 0.997. The molecule has 133 valence electrons. The number of rotatable bonds is 10. The van der Waals surface area contributed by atoms with Crippen LogP contribution >= 0.6 is 24.0 Å². The Morgan fingerprint density at radius 3 is 2.42 bits per heavy atom. The average Bonchev–Trinajstić information content (AvgIpc) is 2.61. The molecular formula is C18H29N2OS2Sn. The molecule has 0 heterocycles. The molecule has 0 saturated heterocycles. The number of para-hydroxylation sites is 1. The number of hydrogen-bond acceptors (Lipinski definition) is 4. The number of nitrogens with zero attached hydrogens (tertiary/aromatic N) is 1. The van der Waals surface area contributed by atoms with Crippen LogP contribution in [-0.4, -0.2) is 36.5 Å². The van der Waals surface area contributed by atoms with E-state index in [1.165, 1.54) is 46.3 Å². The van der Waals surface area contributed by atoms with Crippen molar-refractivity contribution in [3.63, 3.8) is 0 Å². The molecule has 0 aromatic heterocycles. The van der Waals surface area contributed by atoms with E-state index in [4.69, 9.17) is 15.3 Å². The summed E-state index contributed by atoms with van der Waals surface area (Å²) < 4.78 is 9.84.